The molecule has 0 saturated carbocycles. The van der Waals surface area contributed by atoms with E-state index >= 15 is 0 Å². The lowest BCUT2D eigenvalue weighted by Crippen LogP contribution is -2.49. The van der Waals surface area contributed by atoms with Crippen molar-refractivity contribution < 1.29 is 4.92 Å². The summed E-state index contributed by atoms with van der Waals surface area (Å²) in [5.74, 6) is 0. The Morgan fingerprint density at radius 2 is 2.33 bits per heavy atom. The smallest absolute Gasteiger partial charge is 0.307 e. The average molecular weight is 170 g/mol. The molecule has 1 heterocycles. The number of hydrogen-bond acceptors (Lipinski definition) is 5. The molecular weight excluding hydrogens is 160 g/mol. The van der Waals surface area contributed by atoms with E-state index in [0.29, 0.717) is 0 Å². The highest BCUT2D eigenvalue weighted by Gasteiger charge is 2.25. The van der Waals surface area contributed by atoms with Crippen molar-refractivity contribution in [2.75, 3.05) is 0 Å². The maximum Gasteiger partial charge on any atom is 0.307 e. The van der Waals surface area contributed by atoms with Crippen LogP contribution in [0.5, 0.6) is 0 Å². The summed E-state index contributed by atoms with van der Waals surface area (Å²) in [6.45, 7) is 1.66. The predicted octanol–water partition coefficient (Wildman–Crippen LogP) is -0.775. The molecule has 0 aromatic carbocycles. The fourth-order valence-corrected chi connectivity index (χ4v) is 0.904. The van der Waals surface area contributed by atoms with Gasteiger partial charge in [0.05, 0.1) is 11.1 Å². The highest BCUT2D eigenvalue weighted by atomic mass is 16.6. The van der Waals surface area contributed by atoms with Crippen LogP contribution in [0.1, 0.15) is 6.92 Å². The first kappa shape index (κ1) is 8.54. The van der Waals surface area contributed by atoms with Crippen molar-refractivity contribution in [3.63, 3.8) is 0 Å². The highest BCUT2D eigenvalue weighted by molar-refractivity contribution is 5.29. The van der Waals surface area contributed by atoms with Gasteiger partial charge in [0.15, 0.2) is 0 Å². The van der Waals surface area contributed by atoms with Gasteiger partial charge in [-0.1, -0.05) is 0 Å². The van der Waals surface area contributed by atoms with Crippen molar-refractivity contribution in [3.05, 3.63) is 33.8 Å². The SMILES string of the molecule is CC1(N)C=C(N)C([N+](=O)[O-])=CN1. The van der Waals surface area contributed by atoms with Crippen molar-refractivity contribution in [1.82, 2.24) is 5.32 Å². The third-order valence-corrected chi connectivity index (χ3v) is 1.47. The van der Waals surface area contributed by atoms with Crippen LogP contribution in [-0.4, -0.2) is 10.6 Å². The fraction of sp³-hybridized carbons (Fsp3) is 0.333. The van der Waals surface area contributed by atoms with Crippen LogP contribution in [0, 0.1) is 10.1 Å². The van der Waals surface area contributed by atoms with Gasteiger partial charge >= 0.3 is 5.70 Å². The summed E-state index contributed by atoms with van der Waals surface area (Å²) in [7, 11) is 0. The maximum absolute atomic E-state index is 10.3. The lowest BCUT2D eigenvalue weighted by atomic mass is 10.1. The molecule has 1 rings (SSSR count). The van der Waals surface area contributed by atoms with E-state index in [1.807, 2.05) is 0 Å². The van der Waals surface area contributed by atoms with E-state index in [1.165, 1.54) is 12.3 Å². The van der Waals surface area contributed by atoms with Crippen molar-refractivity contribution in [1.29, 1.82) is 0 Å². The summed E-state index contributed by atoms with van der Waals surface area (Å²) in [6.07, 6.45) is 2.61. The molecule has 1 aliphatic rings. The zero-order chi connectivity index (χ0) is 9.35. The van der Waals surface area contributed by atoms with E-state index in [-0.39, 0.29) is 11.4 Å². The van der Waals surface area contributed by atoms with Crippen LogP contribution in [0.3, 0.4) is 0 Å². The van der Waals surface area contributed by atoms with Crippen LogP contribution in [-0.2, 0) is 0 Å². The first-order chi connectivity index (χ1) is 5.42. The second-order valence-electron chi connectivity index (χ2n) is 2.81. The highest BCUT2D eigenvalue weighted by Crippen LogP contribution is 2.13. The summed E-state index contributed by atoms with van der Waals surface area (Å²) in [5, 5.41) is 12.9. The molecule has 6 nitrogen and oxygen atoms in total. The van der Waals surface area contributed by atoms with Crippen LogP contribution in [0.15, 0.2) is 23.7 Å². The van der Waals surface area contributed by atoms with Crippen molar-refractivity contribution >= 4 is 0 Å². The van der Waals surface area contributed by atoms with Gasteiger partial charge in [-0.05, 0) is 13.0 Å². The molecule has 0 amide bonds. The monoisotopic (exact) mass is 170 g/mol. The molecule has 0 spiro atoms. The number of nitro groups is 1. The molecule has 12 heavy (non-hydrogen) atoms. The second-order valence-corrected chi connectivity index (χ2v) is 2.81. The van der Waals surface area contributed by atoms with Gasteiger partial charge in [0.2, 0.25) is 0 Å². The van der Waals surface area contributed by atoms with E-state index in [9.17, 15) is 10.1 Å². The lowest BCUT2D eigenvalue weighted by molar-refractivity contribution is -0.421. The minimum Gasteiger partial charge on any atom is -0.393 e. The Morgan fingerprint density at radius 3 is 2.75 bits per heavy atom. The Labute approximate surface area is 69.1 Å². The molecule has 1 aliphatic heterocycles. The summed E-state index contributed by atoms with van der Waals surface area (Å²) in [4.78, 5) is 9.75. The van der Waals surface area contributed by atoms with Crippen molar-refractivity contribution in [2.24, 2.45) is 11.5 Å². The normalized spacial score (nSPS) is 28.5. The zero-order valence-electron chi connectivity index (χ0n) is 6.57. The molecule has 66 valence electrons. The Hall–Kier alpha value is -1.56. The summed E-state index contributed by atoms with van der Waals surface area (Å²) < 4.78 is 0. The topological polar surface area (TPSA) is 107 Å². The van der Waals surface area contributed by atoms with E-state index in [1.54, 1.807) is 6.92 Å². The van der Waals surface area contributed by atoms with Crippen molar-refractivity contribution in [2.45, 2.75) is 12.6 Å². The summed E-state index contributed by atoms with van der Waals surface area (Å²) in [5.41, 5.74) is 10.1. The first-order valence-corrected chi connectivity index (χ1v) is 3.32. The molecule has 0 fully saturated rings. The second kappa shape index (κ2) is 2.49. The molecule has 0 aromatic heterocycles. The molecule has 1 atom stereocenters. The average Bonchev–Trinajstić information content (AvgIpc) is 1.83. The third-order valence-electron chi connectivity index (χ3n) is 1.47. The van der Waals surface area contributed by atoms with Gasteiger partial charge in [-0.15, -0.1) is 0 Å². The van der Waals surface area contributed by atoms with Crippen LogP contribution in [0.25, 0.3) is 0 Å². The minimum absolute atomic E-state index is 0.0868. The summed E-state index contributed by atoms with van der Waals surface area (Å²) in [6, 6.07) is 0. The molecule has 0 radical (unpaired) electrons. The number of dihydropyridines is 1. The Kier molecular flexibility index (Phi) is 1.77. The zero-order valence-corrected chi connectivity index (χ0v) is 6.57. The molecule has 0 aromatic rings. The predicted molar refractivity (Wildman–Crippen MR) is 43.1 cm³/mol. The third kappa shape index (κ3) is 1.54. The lowest BCUT2D eigenvalue weighted by Gasteiger charge is -2.24. The molecule has 0 aliphatic carbocycles. The van der Waals surface area contributed by atoms with E-state index in [4.69, 9.17) is 11.5 Å². The number of hydrogen-bond donors (Lipinski definition) is 3. The quantitative estimate of drug-likeness (QED) is 0.353. The Morgan fingerprint density at radius 1 is 1.75 bits per heavy atom. The number of nitrogens with zero attached hydrogens (tertiary/aromatic N) is 1. The van der Waals surface area contributed by atoms with Gasteiger partial charge in [0.25, 0.3) is 0 Å². The number of nitrogens with two attached hydrogens (primary N) is 2. The Balaban J connectivity index is 2.94. The molecule has 0 bridgehead atoms. The first-order valence-electron chi connectivity index (χ1n) is 3.32. The van der Waals surface area contributed by atoms with Gasteiger partial charge < -0.3 is 16.8 Å². The van der Waals surface area contributed by atoms with E-state index < -0.39 is 10.6 Å². The van der Waals surface area contributed by atoms with Gasteiger partial charge in [0.1, 0.15) is 11.4 Å². The number of nitrogens with one attached hydrogen (secondary N) is 1. The van der Waals surface area contributed by atoms with Gasteiger partial charge in [-0.25, -0.2) is 0 Å². The van der Waals surface area contributed by atoms with Crippen LogP contribution in [0.4, 0.5) is 0 Å². The van der Waals surface area contributed by atoms with Crippen LogP contribution >= 0.6 is 0 Å². The van der Waals surface area contributed by atoms with Crippen LogP contribution < -0.4 is 16.8 Å². The standard InChI is InChI=1S/C6H10N4O2/c1-6(8)2-4(7)5(3-9-6)10(11)12/h2-3,9H,7-8H2,1H3. The van der Waals surface area contributed by atoms with Crippen molar-refractivity contribution in [3.8, 4) is 0 Å². The molecule has 6 heteroatoms. The van der Waals surface area contributed by atoms with Gasteiger partial charge in [-0.3, -0.25) is 10.1 Å². The maximum atomic E-state index is 10.3. The molecule has 5 N–H and O–H groups in total. The number of rotatable bonds is 1. The van der Waals surface area contributed by atoms with Crippen LogP contribution in [0.2, 0.25) is 0 Å². The largest absolute Gasteiger partial charge is 0.393 e. The van der Waals surface area contributed by atoms with Gasteiger partial charge in [0, 0.05) is 0 Å². The summed E-state index contributed by atoms with van der Waals surface area (Å²) >= 11 is 0. The Bertz CT molecular complexity index is 279. The minimum atomic E-state index is -0.802. The fourth-order valence-electron chi connectivity index (χ4n) is 0.904. The van der Waals surface area contributed by atoms with E-state index in [0.717, 1.165) is 0 Å². The molecule has 0 saturated heterocycles. The van der Waals surface area contributed by atoms with E-state index in [2.05, 4.69) is 5.32 Å². The molecule has 1 unspecified atom stereocenters. The van der Waals surface area contributed by atoms with Gasteiger partial charge in [-0.2, -0.15) is 0 Å². The molecular formula is C6H10N4O2.